The summed E-state index contributed by atoms with van der Waals surface area (Å²) in [6.45, 7) is 41.8. The van der Waals surface area contributed by atoms with Gasteiger partial charge in [0.2, 0.25) is 0 Å². The van der Waals surface area contributed by atoms with Gasteiger partial charge in [-0.15, -0.1) is 0 Å². The summed E-state index contributed by atoms with van der Waals surface area (Å²) < 4.78 is 0. The number of anilines is 6. The standard InChI is InChI=1S/C48H49N.C44H41N/c1-45(2,3)30-19-23-32(24-20-30)49(33-25-21-31(22-26-33)46(4,5)6)43-29-42-44(36-17-12-11-16-35(36)43)38-28-40-37(27-41(38)48(42,9)10)34-15-13-14-18-39(34)47(40,7)8;1-26-17-18-40(29(4)20-26)45(30-21-27(2)19-28(3)22-30)41-25-39-42(33-15-10-9-14-32(33)41)35-24-37-34(23-38(35)44(39,7)8)31-13-11-12-16-36(31)43(37,5)6/h11-29H,1-10H3;9-25H,1-8H3. The molecule has 0 saturated carbocycles. The molecule has 2 nitrogen and oxygen atoms in total. The van der Waals surface area contributed by atoms with E-state index in [1.807, 2.05) is 0 Å². The molecule has 0 spiro atoms. The Morgan fingerprint density at radius 2 is 0.617 bits per heavy atom. The Kier molecular flexibility index (Phi) is 13.7. The third-order valence-corrected chi connectivity index (χ3v) is 22.2. The van der Waals surface area contributed by atoms with Crippen LogP contribution in [0.25, 0.3) is 66.1 Å². The lowest BCUT2D eigenvalue weighted by Crippen LogP contribution is -2.18. The Hall–Kier alpha value is -9.24. The zero-order chi connectivity index (χ0) is 66.1. The molecule has 0 aliphatic heterocycles. The molecule has 4 aliphatic carbocycles. The average Bonchev–Trinajstić information content (AvgIpc) is 1.53. The minimum Gasteiger partial charge on any atom is -0.310 e. The molecule has 0 aromatic heterocycles. The van der Waals surface area contributed by atoms with E-state index in [4.69, 9.17) is 0 Å². The van der Waals surface area contributed by atoms with E-state index in [0.29, 0.717) is 0 Å². The molecule has 12 aromatic rings. The molecule has 16 rings (SSSR count). The molecule has 0 atom stereocenters. The average molecular weight is 1220 g/mol. The van der Waals surface area contributed by atoms with Crippen LogP contribution in [0.4, 0.5) is 34.1 Å². The highest BCUT2D eigenvalue weighted by Crippen LogP contribution is 2.61. The smallest absolute Gasteiger partial charge is 0.0543 e. The van der Waals surface area contributed by atoms with Crippen molar-refractivity contribution in [2.75, 3.05) is 9.80 Å². The second-order valence-corrected chi connectivity index (χ2v) is 32.1. The predicted octanol–water partition coefficient (Wildman–Crippen LogP) is 25.7. The fraction of sp³-hybridized carbons (Fsp3) is 0.261. The number of hydrogen-bond donors (Lipinski definition) is 0. The van der Waals surface area contributed by atoms with Crippen molar-refractivity contribution in [1.29, 1.82) is 0 Å². The Bertz CT molecular complexity index is 5040. The lowest BCUT2D eigenvalue weighted by Gasteiger charge is -2.31. The van der Waals surface area contributed by atoms with Crippen molar-refractivity contribution in [3.8, 4) is 44.5 Å². The summed E-state index contributed by atoms with van der Waals surface area (Å²) in [4.78, 5) is 5.00. The fourth-order valence-electron chi connectivity index (χ4n) is 17.1. The third-order valence-electron chi connectivity index (χ3n) is 22.2. The number of fused-ring (bicyclic) bond motifs is 16. The van der Waals surface area contributed by atoms with Crippen LogP contribution >= 0.6 is 0 Å². The summed E-state index contributed by atoms with van der Waals surface area (Å²) in [5.41, 5.74) is 37.3. The Balaban J connectivity index is 0.000000156. The van der Waals surface area contributed by atoms with Gasteiger partial charge in [0.05, 0.1) is 11.4 Å². The van der Waals surface area contributed by atoms with E-state index < -0.39 is 0 Å². The molecule has 0 heterocycles. The Labute approximate surface area is 560 Å². The normalized spacial score (nSPS) is 15.3. The van der Waals surface area contributed by atoms with Crippen LogP contribution in [0.2, 0.25) is 0 Å². The van der Waals surface area contributed by atoms with E-state index in [2.05, 4.69) is 353 Å². The van der Waals surface area contributed by atoms with Gasteiger partial charge in [0, 0.05) is 55.2 Å². The fourth-order valence-corrected chi connectivity index (χ4v) is 17.1. The summed E-state index contributed by atoms with van der Waals surface area (Å²) in [6, 6.07) is 83.6. The molecule has 0 fully saturated rings. The molecule has 4 aliphatic rings. The number of rotatable bonds is 6. The van der Waals surface area contributed by atoms with Gasteiger partial charge in [-0.05, 0) is 245 Å². The maximum absolute atomic E-state index is 2.54. The second-order valence-electron chi connectivity index (χ2n) is 32.1. The van der Waals surface area contributed by atoms with Crippen LogP contribution in [-0.2, 0) is 32.5 Å². The first-order chi connectivity index (χ1) is 44.5. The highest BCUT2D eigenvalue weighted by Gasteiger charge is 2.45. The van der Waals surface area contributed by atoms with Crippen LogP contribution < -0.4 is 9.80 Å². The molecular weight excluding hydrogens is 1130 g/mol. The second kappa shape index (κ2) is 21.1. The summed E-state index contributed by atoms with van der Waals surface area (Å²) in [6.07, 6.45) is 0. The van der Waals surface area contributed by atoms with Crippen molar-refractivity contribution < 1.29 is 0 Å². The lowest BCUT2D eigenvalue weighted by molar-refractivity contribution is 0.590. The summed E-state index contributed by atoms with van der Waals surface area (Å²) >= 11 is 0. The molecule has 2 heteroatoms. The third kappa shape index (κ3) is 9.31. The summed E-state index contributed by atoms with van der Waals surface area (Å²) in [5, 5.41) is 5.19. The molecule has 94 heavy (non-hydrogen) atoms. The van der Waals surface area contributed by atoms with E-state index >= 15 is 0 Å². The van der Waals surface area contributed by atoms with Gasteiger partial charge in [-0.25, -0.2) is 0 Å². The van der Waals surface area contributed by atoms with Crippen LogP contribution in [0.5, 0.6) is 0 Å². The van der Waals surface area contributed by atoms with E-state index in [0.717, 1.165) is 0 Å². The van der Waals surface area contributed by atoms with Crippen molar-refractivity contribution >= 4 is 55.7 Å². The summed E-state index contributed by atoms with van der Waals surface area (Å²) in [5.74, 6) is 0. The summed E-state index contributed by atoms with van der Waals surface area (Å²) in [7, 11) is 0. The zero-order valence-corrected chi connectivity index (χ0v) is 58.7. The van der Waals surface area contributed by atoms with Gasteiger partial charge in [0.25, 0.3) is 0 Å². The first kappa shape index (κ1) is 61.0. The van der Waals surface area contributed by atoms with E-state index in [1.54, 1.807) is 0 Å². The largest absolute Gasteiger partial charge is 0.310 e. The van der Waals surface area contributed by atoms with Gasteiger partial charge in [-0.2, -0.15) is 0 Å². The first-order valence-electron chi connectivity index (χ1n) is 34.2. The molecule has 0 saturated heterocycles. The topological polar surface area (TPSA) is 6.48 Å². The van der Waals surface area contributed by atoms with Gasteiger partial charge < -0.3 is 9.80 Å². The number of aryl methyl sites for hydroxylation is 4. The van der Waals surface area contributed by atoms with Crippen LogP contribution in [0, 0.1) is 27.7 Å². The van der Waals surface area contributed by atoms with Crippen molar-refractivity contribution in [2.24, 2.45) is 0 Å². The van der Waals surface area contributed by atoms with Crippen molar-refractivity contribution in [2.45, 2.75) is 157 Å². The minimum absolute atomic E-state index is 0.0353. The SMILES string of the molecule is CC(C)(C)c1ccc(N(c2ccc(C(C)(C)C)cc2)c2cc3c(c4ccccc24)-c2cc4c(cc2C3(C)C)-c2ccccc2C4(C)C)cc1.Cc1cc(C)cc(N(c2ccc(C)cc2C)c2cc3c(c4ccccc24)-c2cc4c(cc2C3(C)C)-c2ccccc2C4(C)C)c1. The number of hydrogen-bond acceptors (Lipinski definition) is 2. The van der Waals surface area contributed by atoms with Crippen LogP contribution in [-0.4, -0.2) is 0 Å². The molecule has 468 valence electrons. The van der Waals surface area contributed by atoms with Crippen LogP contribution in [0.15, 0.2) is 218 Å². The van der Waals surface area contributed by atoms with Crippen molar-refractivity contribution in [1.82, 2.24) is 0 Å². The quantitative estimate of drug-likeness (QED) is 0.164. The first-order valence-corrected chi connectivity index (χ1v) is 34.2. The number of benzene rings is 12. The van der Waals surface area contributed by atoms with Gasteiger partial charge in [0.1, 0.15) is 0 Å². The zero-order valence-electron chi connectivity index (χ0n) is 58.7. The van der Waals surface area contributed by atoms with Gasteiger partial charge in [-0.1, -0.05) is 242 Å². The van der Waals surface area contributed by atoms with Crippen LogP contribution in [0.3, 0.4) is 0 Å². The number of nitrogens with zero attached hydrogens (tertiary/aromatic N) is 2. The highest BCUT2D eigenvalue weighted by molar-refractivity contribution is 6.12. The molecule has 0 amide bonds. The predicted molar refractivity (Wildman–Crippen MR) is 404 cm³/mol. The maximum atomic E-state index is 2.54. The van der Waals surface area contributed by atoms with E-state index in [1.165, 1.54) is 178 Å². The lowest BCUT2D eigenvalue weighted by atomic mass is 9.79. The molecule has 12 aromatic carbocycles. The van der Waals surface area contributed by atoms with Gasteiger partial charge in [0.15, 0.2) is 0 Å². The molecule has 0 radical (unpaired) electrons. The Morgan fingerprint density at radius 1 is 0.255 bits per heavy atom. The maximum Gasteiger partial charge on any atom is 0.0543 e. The van der Waals surface area contributed by atoms with Crippen molar-refractivity contribution in [3.63, 3.8) is 0 Å². The van der Waals surface area contributed by atoms with Crippen LogP contribution in [0.1, 0.15) is 175 Å². The monoisotopic (exact) mass is 1220 g/mol. The Morgan fingerprint density at radius 3 is 1.03 bits per heavy atom. The van der Waals surface area contributed by atoms with E-state index in [-0.39, 0.29) is 32.5 Å². The molecule has 0 unspecified atom stereocenters. The highest BCUT2D eigenvalue weighted by atomic mass is 15.2. The molecule has 0 bridgehead atoms. The molecular formula is C92H90N2. The van der Waals surface area contributed by atoms with E-state index in [9.17, 15) is 0 Å². The molecule has 0 N–H and O–H groups in total. The van der Waals surface area contributed by atoms with Gasteiger partial charge >= 0.3 is 0 Å². The van der Waals surface area contributed by atoms with Crippen molar-refractivity contribution in [3.05, 3.63) is 296 Å². The van der Waals surface area contributed by atoms with Gasteiger partial charge in [-0.3, -0.25) is 0 Å². The minimum atomic E-state index is -0.169.